The minimum absolute atomic E-state index is 0.0595. The summed E-state index contributed by atoms with van der Waals surface area (Å²) in [5.74, 6) is 2.62. The first kappa shape index (κ1) is 16.2. The first-order valence-corrected chi connectivity index (χ1v) is 8.12. The van der Waals surface area contributed by atoms with Crippen molar-refractivity contribution in [2.24, 2.45) is 0 Å². The Kier molecular flexibility index (Phi) is 4.38. The van der Waals surface area contributed by atoms with E-state index in [0.717, 1.165) is 28.3 Å². The maximum atomic E-state index is 5.30. The number of benzene rings is 1. The van der Waals surface area contributed by atoms with E-state index in [9.17, 15) is 0 Å². The smallest absolute Gasteiger partial charge is 0.228 e. The topological polar surface area (TPSA) is 64.3 Å². The second kappa shape index (κ2) is 6.47. The van der Waals surface area contributed by atoms with Gasteiger partial charge in [-0.25, -0.2) is 4.98 Å². The molecular formula is C18H23N5O. The second-order valence-electron chi connectivity index (χ2n) is 6.23. The van der Waals surface area contributed by atoms with Gasteiger partial charge in [-0.05, 0) is 37.5 Å². The van der Waals surface area contributed by atoms with Crippen LogP contribution in [0.2, 0.25) is 0 Å². The van der Waals surface area contributed by atoms with Crippen LogP contribution in [-0.2, 0) is 0 Å². The van der Waals surface area contributed by atoms with Crippen LogP contribution in [0.25, 0.3) is 5.65 Å². The second-order valence-corrected chi connectivity index (χ2v) is 6.23. The third kappa shape index (κ3) is 3.04. The number of aromatic nitrogens is 4. The highest BCUT2D eigenvalue weighted by atomic mass is 16.5. The van der Waals surface area contributed by atoms with Crippen LogP contribution in [0.4, 0.5) is 5.95 Å². The van der Waals surface area contributed by atoms with Crippen LogP contribution in [0.5, 0.6) is 5.75 Å². The van der Waals surface area contributed by atoms with Crippen LogP contribution in [0.15, 0.2) is 30.5 Å². The number of methoxy groups -OCH3 is 1. The SMILES string of the molecule is COc1cccc([C@H](C)Nc2nc(C)nc3c(C(C)C)cnn23)c1. The first-order chi connectivity index (χ1) is 11.5. The first-order valence-electron chi connectivity index (χ1n) is 8.12. The maximum Gasteiger partial charge on any atom is 0.228 e. The van der Waals surface area contributed by atoms with Crippen molar-refractivity contribution in [1.82, 2.24) is 19.6 Å². The molecule has 3 aromatic rings. The van der Waals surface area contributed by atoms with Crippen molar-refractivity contribution in [2.45, 2.75) is 39.7 Å². The predicted molar refractivity (Wildman–Crippen MR) is 94.6 cm³/mol. The van der Waals surface area contributed by atoms with Crippen molar-refractivity contribution in [1.29, 1.82) is 0 Å². The van der Waals surface area contributed by atoms with Gasteiger partial charge in [0.2, 0.25) is 5.95 Å². The van der Waals surface area contributed by atoms with E-state index in [2.05, 4.69) is 47.2 Å². The molecule has 0 saturated heterocycles. The molecule has 0 bridgehead atoms. The van der Waals surface area contributed by atoms with Gasteiger partial charge in [0.1, 0.15) is 11.6 Å². The number of anilines is 1. The summed E-state index contributed by atoms with van der Waals surface area (Å²) < 4.78 is 7.08. The normalized spacial score (nSPS) is 12.6. The average molecular weight is 325 g/mol. The van der Waals surface area contributed by atoms with Gasteiger partial charge in [0, 0.05) is 5.56 Å². The number of fused-ring (bicyclic) bond motifs is 1. The fourth-order valence-electron chi connectivity index (χ4n) is 2.69. The van der Waals surface area contributed by atoms with Crippen molar-refractivity contribution in [3.63, 3.8) is 0 Å². The van der Waals surface area contributed by atoms with Crippen molar-refractivity contribution in [3.05, 3.63) is 47.4 Å². The zero-order valence-corrected chi connectivity index (χ0v) is 14.7. The van der Waals surface area contributed by atoms with E-state index in [4.69, 9.17) is 4.74 Å². The molecule has 0 unspecified atom stereocenters. The molecule has 0 aliphatic carbocycles. The van der Waals surface area contributed by atoms with E-state index in [0.29, 0.717) is 11.9 Å². The zero-order valence-electron chi connectivity index (χ0n) is 14.7. The minimum atomic E-state index is 0.0595. The average Bonchev–Trinajstić information content (AvgIpc) is 2.99. The lowest BCUT2D eigenvalue weighted by atomic mass is 10.1. The van der Waals surface area contributed by atoms with Gasteiger partial charge in [-0.2, -0.15) is 14.6 Å². The van der Waals surface area contributed by atoms with Crippen LogP contribution in [0, 0.1) is 6.92 Å². The third-order valence-corrected chi connectivity index (χ3v) is 4.07. The molecule has 1 N–H and O–H groups in total. The summed E-state index contributed by atoms with van der Waals surface area (Å²) in [5, 5.41) is 7.91. The molecule has 0 spiro atoms. The summed E-state index contributed by atoms with van der Waals surface area (Å²) in [6.07, 6.45) is 1.87. The number of aryl methyl sites for hydroxylation is 1. The molecule has 0 aliphatic heterocycles. The minimum Gasteiger partial charge on any atom is -0.497 e. The van der Waals surface area contributed by atoms with Crippen LogP contribution in [0.1, 0.15) is 49.7 Å². The summed E-state index contributed by atoms with van der Waals surface area (Å²) in [4.78, 5) is 9.08. The number of hydrogen-bond acceptors (Lipinski definition) is 5. The highest BCUT2D eigenvalue weighted by Gasteiger charge is 2.16. The summed E-state index contributed by atoms with van der Waals surface area (Å²) in [5.41, 5.74) is 3.10. The highest BCUT2D eigenvalue weighted by Crippen LogP contribution is 2.24. The molecule has 2 heterocycles. The molecule has 0 saturated carbocycles. The molecule has 0 fully saturated rings. The highest BCUT2D eigenvalue weighted by molar-refractivity contribution is 5.52. The molecule has 1 aromatic carbocycles. The lowest BCUT2D eigenvalue weighted by Gasteiger charge is -2.16. The molecule has 0 radical (unpaired) electrons. The molecule has 3 rings (SSSR count). The van der Waals surface area contributed by atoms with Crippen molar-refractivity contribution >= 4 is 11.6 Å². The lowest BCUT2D eigenvalue weighted by Crippen LogP contribution is -2.13. The van der Waals surface area contributed by atoms with Gasteiger partial charge in [-0.3, -0.25) is 0 Å². The van der Waals surface area contributed by atoms with E-state index in [1.54, 1.807) is 11.6 Å². The summed E-state index contributed by atoms with van der Waals surface area (Å²) in [7, 11) is 1.67. The largest absolute Gasteiger partial charge is 0.497 e. The maximum absolute atomic E-state index is 5.30. The number of ether oxygens (including phenoxy) is 1. The predicted octanol–water partition coefficient (Wildman–Crippen LogP) is 3.74. The van der Waals surface area contributed by atoms with Crippen LogP contribution < -0.4 is 10.1 Å². The summed E-state index contributed by atoms with van der Waals surface area (Å²) in [6.45, 7) is 8.27. The standard InChI is InChI=1S/C18H23N5O/c1-11(2)16-10-19-23-17(16)21-13(4)22-18(23)20-12(3)14-7-6-8-15(9-14)24-5/h6-12H,1-5H3,(H,20,21,22)/t12-/m0/s1. The number of nitrogens with zero attached hydrogens (tertiary/aromatic N) is 4. The Balaban J connectivity index is 1.97. The molecule has 2 aromatic heterocycles. The monoisotopic (exact) mass is 325 g/mol. The Morgan fingerprint density at radius 3 is 2.67 bits per heavy atom. The Morgan fingerprint density at radius 1 is 1.17 bits per heavy atom. The van der Waals surface area contributed by atoms with Crippen LogP contribution in [-0.4, -0.2) is 26.7 Å². The molecule has 6 nitrogen and oxygen atoms in total. The fourth-order valence-corrected chi connectivity index (χ4v) is 2.69. The zero-order chi connectivity index (χ0) is 17.3. The molecule has 126 valence electrons. The molecular weight excluding hydrogens is 302 g/mol. The van der Waals surface area contributed by atoms with E-state index in [1.165, 1.54) is 0 Å². The number of rotatable bonds is 5. The van der Waals surface area contributed by atoms with Crippen LogP contribution in [0.3, 0.4) is 0 Å². The Bertz CT molecular complexity index is 856. The molecule has 6 heteroatoms. The van der Waals surface area contributed by atoms with Gasteiger partial charge < -0.3 is 10.1 Å². The van der Waals surface area contributed by atoms with E-state index < -0.39 is 0 Å². The van der Waals surface area contributed by atoms with E-state index >= 15 is 0 Å². The van der Waals surface area contributed by atoms with Gasteiger partial charge in [0.25, 0.3) is 0 Å². The van der Waals surface area contributed by atoms with Gasteiger partial charge >= 0.3 is 0 Å². The Morgan fingerprint density at radius 2 is 1.96 bits per heavy atom. The van der Waals surface area contributed by atoms with Gasteiger partial charge in [-0.15, -0.1) is 0 Å². The number of nitrogens with one attached hydrogen (secondary N) is 1. The third-order valence-electron chi connectivity index (χ3n) is 4.07. The fraction of sp³-hybridized carbons (Fsp3) is 0.389. The summed E-state index contributed by atoms with van der Waals surface area (Å²) in [6, 6.07) is 8.06. The van der Waals surface area contributed by atoms with Crippen molar-refractivity contribution in [3.8, 4) is 5.75 Å². The molecule has 24 heavy (non-hydrogen) atoms. The molecule has 1 atom stereocenters. The van der Waals surface area contributed by atoms with Gasteiger partial charge in [-0.1, -0.05) is 26.0 Å². The lowest BCUT2D eigenvalue weighted by molar-refractivity contribution is 0.414. The van der Waals surface area contributed by atoms with E-state index in [1.807, 2.05) is 31.3 Å². The van der Waals surface area contributed by atoms with E-state index in [-0.39, 0.29) is 6.04 Å². The quantitative estimate of drug-likeness (QED) is 0.774. The Labute approximate surface area is 141 Å². The van der Waals surface area contributed by atoms with Gasteiger partial charge in [0.15, 0.2) is 5.65 Å². The van der Waals surface area contributed by atoms with Crippen LogP contribution >= 0.6 is 0 Å². The van der Waals surface area contributed by atoms with Crippen molar-refractivity contribution in [2.75, 3.05) is 12.4 Å². The Hall–Kier alpha value is -2.63. The molecule has 0 aliphatic rings. The van der Waals surface area contributed by atoms with Gasteiger partial charge in [0.05, 0.1) is 19.3 Å². The summed E-state index contributed by atoms with van der Waals surface area (Å²) >= 11 is 0. The van der Waals surface area contributed by atoms with Crippen molar-refractivity contribution < 1.29 is 4.74 Å². The number of hydrogen-bond donors (Lipinski definition) is 1. The molecule has 0 amide bonds.